The number of fused-ring (bicyclic) bond motifs is 7. The molecule has 67 heavy (non-hydrogen) atoms. The van der Waals surface area contributed by atoms with E-state index in [1.807, 2.05) is 11.3 Å². The van der Waals surface area contributed by atoms with Crippen LogP contribution >= 0.6 is 11.3 Å². The van der Waals surface area contributed by atoms with Crippen LogP contribution in [-0.4, -0.2) is 4.57 Å². The Morgan fingerprint density at radius 2 is 0.851 bits per heavy atom. The summed E-state index contributed by atoms with van der Waals surface area (Å²) < 4.78 is 5.00. The van der Waals surface area contributed by atoms with Crippen molar-refractivity contribution >= 4 is 81.1 Å². The van der Waals surface area contributed by atoms with Gasteiger partial charge < -0.3 is 9.47 Å². The van der Waals surface area contributed by atoms with Crippen LogP contribution in [0.15, 0.2) is 255 Å². The molecule has 0 spiro atoms. The maximum absolute atomic E-state index is 2.43. The van der Waals surface area contributed by atoms with Gasteiger partial charge in [0, 0.05) is 53.6 Å². The smallest absolute Gasteiger partial charge is 0.0541 e. The third-order valence-corrected chi connectivity index (χ3v) is 14.6. The lowest BCUT2D eigenvalue weighted by atomic mass is 9.96. The van der Waals surface area contributed by atoms with E-state index in [0.717, 1.165) is 33.9 Å². The van der Waals surface area contributed by atoms with Crippen LogP contribution in [0.4, 0.5) is 17.1 Å². The molecule has 0 aliphatic carbocycles. The highest BCUT2D eigenvalue weighted by Gasteiger charge is 2.20. The minimum absolute atomic E-state index is 1.08. The number of thiophene rings is 1. The summed E-state index contributed by atoms with van der Waals surface area (Å²) in [6.45, 7) is 0. The van der Waals surface area contributed by atoms with Gasteiger partial charge >= 0.3 is 0 Å². The summed E-state index contributed by atoms with van der Waals surface area (Å²) >= 11 is 1.86. The topological polar surface area (TPSA) is 8.17 Å². The summed E-state index contributed by atoms with van der Waals surface area (Å²) in [6, 6.07) is 93.2. The number of aromatic nitrogens is 1. The van der Waals surface area contributed by atoms with Gasteiger partial charge in [-0.25, -0.2) is 0 Å². The molecule has 0 aliphatic heterocycles. The van der Waals surface area contributed by atoms with Crippen molar-refractivity contribution in [1.29, 1.82) is 0 Å². The third kappa shape index (κ3) is 6.79. The molecule has 2 aromatic heterocycles. The fourth-order valence-corrected chi connectivity index (χ4v) is 11.3. The molecule has 0 N–H and O–H groups in total. The minimum atomic E-state index is 1.08. The Morgan fingerprint density at radius 1 is 0.299 bits per heavy atom. The summed E-state index contributed by atoms with van der Waals surface area (Å²) in [5.41, 5.74) is 16.3. The fourth-order valence-electron chi connectivity index (χ4n) is 10.2. The molecule has 0 amide bonds. The zero-order valence-corrected chi connectivity index (χ0v) is 37.4. The van der Waals surface area contributed by atoms with Crippen LogP contribution in [0.2, 0.25) is 0 Å². The van der Waals surface area contributed by atoms with Gasteiger partial charge in [-0.2, -0.15) is 0 Å². The van der Waals surface area contributed by atoms with Gasteiger partial charge in [0.15, 0.2) is 0 Å². The number of para-hydroxylation sites is 3. The standard InChI is InChI=1S/C64H42N2S/c1-2-20-53-45(14-1)15-13-25-54(53)46-32-30-43(31-33-46)47-16-11-18-51(40-47)65(60-26-7-3-21-55(60)49-36-39-64-59(42-49)58-24-6-10-29-63(58)67-64)50-37-34-44(35-38-50)48-17-12-19-52(41-48)66-61-27-8-4-22-56(61)57-23-5-9-28-62(57)66/h1-42H. The second-order valence-electron chi connectivity index (χ2n) is 17.3. The van der Waals surface area contributed by atoms with E-state index in [-0.39, 0.29) is 0 Å². The molecule has 0 saturated heterocycles. The Kier molecular flexibility index (Phi) is 9.40. The molecule has 0 fully saturated rings. The molecule has 0 saturated carbocycles. The number of hydrogen-bond donors (Lipinski definition) is 0. The Hall–Kier alpha value is -8.50. The van der Waals surface area contributed by atoms with Crippen LogP contribution in [0.3, 0.4) is 0 Å². The molecule has 11 aromatic carbocycles. The highest BCUT2D eigenvalue weighted by atomic mass is 32.1. The Balaban J connectivity index is 0.918. The highest BCUT2D eigenvalue weighted by molar-refractivity contribution is 7.25. The third-order valence-electron chi connectivity index (χ3n) is 13.4. The van der Waals surface area contributed by atoms with Crippen molar-refractivity contribution in [2.24, 2.45) is 0 Å². The van der Waals surface area contributed by atoms with Gasteiger partial charge in [-0.3, -0.25) is 0 Å². The molecule has 13 rings (SSSR count). The molecule has 0 radical (unpaired) electrons. The van der Waals surface area contributed by atoms with E-state index in [0.29, 0.717) is 0 Å². The van der Waals surface area contributed by atoms with E-state index in [1.54, 1.807) is 0 Å². The number of hydrogen-bond acceptors (Lipinski definition) is 2. The van der Waals surface area contributed by atoms with Crippen molar-refractivity contribution in [3.8, 4) is 50.2 Å². The van der Waals surface area contributed by atoms with E-state index in [9.17, 15) is 0 Å². The molecular formula is C64H42N2S. The zero-order chi connectivity index (χ0) is 44.3. The summed E-state index contributed by atoms with van der Waals surface area (Å²) in [6.07, 6.45) is 0. The molecule has 0 aliphatic rings. The maximum Gasteiger partial charge on any atom is 0.0541 e. The van der Waals surface area contributed by atoms with Crippen molar-refractivity contribution in [3.63, 3.8) is 0 Å². The maximum atomic E-state index is 2.43. The average molecular weight is 871 g/mol. The van der Waals surface area contributed by atoms with Crippen molar-refractivity contribution in [2.45, 2.75) is 0 Å². The van der Waals surface area contributed by atoms with Crippen molar-refractivity contribution in [3.05, 3.63) is 255 Å². The Labute approximate surface area is 393 Å². The van der Waals surface area contributed by atoms with Crippen molar-refractivity contribution in [2.75, 3.05) is 4.90 Å². The van der Waals surface area contributed by atoms with E-state index < -0.39 is 0 Å². The van der Waals surface area contributed by atoms with E-state index >= 15 is 0 Å². The molecule has 13 aromatic rings. The second-order valence-corrected chi connectivity index (χ2v) is 18.4. The Morgan fingerprint density at radius 3 is 1.64 bits per heavy atom. The zero-order valence-electron chi connectivity index (χ0n) is 36.6. The highest BCUT2D eigenvalue weighted by Crippen LogP contribution is 2.45. The first kappa shape index (κ1) is 38.9. The molecule has 3 heteroatoms. The van der Waals surface area contributed by atoms with Gasteiger partial charge in [0.25, 0.3) is 0 Å². The number of nitrogens with zero attached hydrogens (tertiary/aromatic N) is 2. The lowest BCUT2D eigenvalue weighted by Crippen LogP contribution is -2.11. The number of rotatable bonds is 8. The van der Waals surface area contributed by atoms with Gasteiger partial charge in [-0.1, -0.05) is 182 Å². The summed E-state index contributed by atoms with van der Waals surface area (Å²) in [5.74, 6) is 0. The van der Waals surface area contributed by atoms with Crippen LogP contribution in [0.5, 0.6) is 0 Å². The van der Waals surface area contributed by atoms with Gasteiger partial charge in [0.05, 0.1) is 16.7 Å². The first-order valence-electron chi connectivity index (χ1n) is 22.9. The summed E-state index contributed by atoms with van der Waals surface area (Å²) in [7, 11) is 0. The second kappa shape index (κ2) is 16.2. The Bertz CT molecular complexity index is 3930. The molecule has 314 valence electrons. The van der Waals surface area contributed by atoms with Crippen LogP contribution in [-0.2, 0) is 0 Å². The molecule has 0 unspecified atom stereocenters. The fraction of sp³-hybridized carbons (Fsp3) is 0. The largest absolute Gasteiger partial charge is 0.310 e. The quantitative estimate of drug-likeness (QED) is 0.148. The van der Waals surface area contributed by atoms with E-state index in [2.05, 4.69) is 264 Å². The molecule has 2 nitrogen and oxygen atoms in total. The predicted octanol–water partition coefficient (Wildman–Crippen LogP) is 18.4. The summed E-state index contributed by atoms with van der Waals surface area (Å²) in [5, 5.41) is 7.64. The monoisotopic (exact) mass is 870 g/mol. The van der Waals surface area contributed by atoms with Crippen LogP contribution in [0.25, 0.3) is 103 Å². The lowest BCUT2D eigenvalue weighted by Gasteiger charge is -2.28. The van der Waals surface area contributed by atoms with Gasteiger partial charge in [0.1, 0.15) is 0 Å². The van der Waals surface area contributed by atoms with Crippen LogP contribution in [0, 0.1) is 0 Å². The normalized spacial score (nSPS) is 11.6. The van der Waals surface area contributed by atoms with Crippen molar-refractivity contribution in [1.82, 2.24) is 4.57 Å². The average Bonchev–Trinajstić information content (AvgIpc) is 3.95. The van der Waals surface area contributed by atoms with Gasteiger partial charge in [0.2, 0.25) is 0 Å². The predicted molar refractivity (Wildman–Crippen MR) is 288 cm³/mol. The van der Waals surface area contributed by atoms with E-state index in [4.69, 9.17) is 0 Å². The molecule has 0 bridgehead atoms. The van der Waals surface area contributed by atoms with E-state index in [1.165, 1.54) is 86.1 Å². The van der Waals surface area contributed by atoms with Gasteiger partial charge in [-0.15, -0.1) is 11.3 Å². The first-order chi connectivity index (χ1) is 33.2. The summed E-state index contributed by atoms with van der Waals surface area (Å²) in [4.78, 5) is 2.43. The van der Waals surface area contributed by atoms with Crippen LogP contribution < -0.4 is 4.90 Å². The molecular weight excluding hydrogens is 829 g/mol. The van der Waals surface area contributed by atoms with Gasteiger partial charge in [-0.05, 0) is 123 Å². The van der Waals surface area contributed by atoms with Crippen molar-refractivity contribution < 1.29 is 0 Å². The van der Waals surface area contributed by atoms with Crippen LogP contribution in [0.1, 0.15) is 0 Å². The molecule has 0 atom stereocenters. The first-order valence-corrected chi connectivity index (χ1v) is 23.7. The molecule has 2 heterocycles. The SMILES string of the molecule is c1cc(-c2ccc(-c3cccc4ccccc34)cc2)cc(N(c2ccc(-c3cccc(-n4c5ccccc5c5ccccc54)c3)cc2)c2ccccc2-c2ccc3sc4ccccc4c3c2)c1. The number of benzene rings is 11. The lowest BCUT2D eigenvalue weighted by molar-refractivity contribution is 1.18. The minimum Gasteiger partial charge on any atom is -0.310 e. The number of anilines is 3.